The highest BCUT2D eigenvalue weighted by Crippen LogP contribution is 2.53. The lowest BCUT2D eigenvalue weighted by molar-refractivity contribution is -0.149. The summed E-state index contributed by atoms with van der Waals surface area (Å²) in [4.78, 5) is 25.1. The van der Waals surface area contributed by atoms with E-state index in [2.05, 4.69) is 0 Å². The molecule has 0 N–H and O–H groups in total. The number of carbonyl (C=O) groups excluding carboxylic acids is 2. The molecule has 1 amide bonds. The van der Waals surface area contributed by atoms with Crippen molar-refractivity contribution >= 4 is 11.9 Å². The Hall–Kier alpha value is -1.06. The van der Waals surface area contributed by atoms with Crippen LogP contribution in [0.4, 0.5) is 0 Å². The largest absolute Gasteiger partial charge is 0.469 e. The quantitative estimate of drug-likeness (QED) is 0.656. The average molecular weight is 213 g/mol. The minimum Gasteiger partial charge on any atom is -0.469 e. The number of methoxy groups -OCH3 is 1. The van der Waals surface area contributed by atoms with Crippen molar-refractivity contribution in [2.75, 3.05) is 20.2 Å². The Kier molecular flexibility index (Phi) is 3.37. The number of esters is 1. The number of hydrogen-bond acceptors (Lipinski definition) is 3. The summed E-state index contributed by atoms with van der Waals surface area (Å²) in [5, 5.41) is 0. The molecule has 4 heteroatoms. The first-order chi connectivity index (χ1) is 7.01. The molecule has 2 atom stereocenters. The summed E-state index contributed by atoms with van der Waals surface area (Å²) in [6.07, 6.45) is 0.620. The Morgan fingerprint density at radius 3 is 2.33 bits per heavy atom. The molecule has 0 aromatic carbocycles. The van der Waals surface area contributed by atoms with Gasteiger partial charge in [-0.3, -0.25) is 9.59 Å². The third kappa shape index (κ3) is 1.98. The van der Waals surface area contributed by atoms with E-state index in [1.807, 2.05) is 13.8 Å². The van der Waals surface area contributed by atoms with Crippen LogP contribution in [0.5, 0.6) is 0 Å². The first kappa shape index (κ1) is 12.0. The molecule has 86 valence electrons. The minimum absolute atomic E-state index is 0.0768. The highest BCUT2D eigenvalue weighted by Gasteiger charge is 2.61. The second-order valence-corrected chi connectivity index (χ2v) is 4.18. The zero-order chi connectivity index (χ0) is 11.6. The molecule has 1 saturated carbocycles. The van der Waals surface area contributed by atoms with Gasteiger partial charge in [-0.05, 0) is 27.2 Å². The molecular weight excluding hydrogens is 194 g/mol. The molecule has 15 heavy (non-hydrogen) atoms. The van der Waals surface area contributed by atoms with Crippen molar-refractivity contribution in [3.05, 3.63) is 0 Å². The Balaban J connectivity index is 2.63. The molecule has 0 bridgehead atoms. The van der Waals surface area contributed by atoms with Crippen LogP contribution in [0.15, 0.2) is 0 Å². The number of nitrogens with zero attached hydrogens (tertiary/aromatic N) is 1. The third-order valence-electron chi connectivity index (χ3n) is 3.26. The van der Waals surface area contributed by atoms with Crippen LogP contribution < -0.4 is 0 Å². The van der Waals surface area contributed by atoms with Crippen LogP contribution in [0.1, 0.15) is 27.2 Å². The predicted octanol–water partition coefficient (Wildman–Crippen LogP) is 1.05. The molecule has 1 aliphatic carbocycles. The van der Waals surface area contributed by atoms with Crippen molar-refractivity contribution in [1.29, 1.82) is 0 Å². The smallest absolute Gasteiger partial charge is 0.312 e. The topological polar surface area (TPSA) is 46.6 Å². The van der Waals surface area contributed by atoms with Crippen molar-refractivity contribution in [2.45, 2.75) is 27.2 Å². The SMILES string of the molecule is CCN(CC)C(=O)[C@@H]1C[C@@]1(C)C(=O)OC. The summed E-state index contributed by atoms with van der Waals surface area (Å²) in [6.45, 7) is 7.08. The normalized spacial score (nSPS) is 28.4. The van der Waals surface area contributed by atoms with Crippen LogP contribution >= 0.6 is 0 Å². The van der Waals surface area contributed by atoms with Crippen LogP contribution in [0, 0.1) is 11.3 Å². The summed E-state index contributed by atoms with van der Waals surface area (Å²) >= 11 is 0. The maximum atomic E-state index is 11.9. The first-order valence-corrected chi connectivity index (χ1v) is 5.38. The van der Waals surface area contributed by atoms with Gasteiger partial charge in [0.1, 0.15) is 0 Å². The fourth-order valence-corrected chi connectivity index (χ4v) is 1.94. The molecule has 0 spiro atoms. The van der Waals surface area contributed by atoms with E-state index in [0.717, 1.165) is 0 Å². The number of rotatable bonds is 4. The molecule has 0 aromatic heterocycles. The van der Waals surface area contributed by atoms with Gasteiger partial charge < -0.3 is 9.64 Å². The van der Waals surface area contributed by atoms with E-state index < -0.39 is 5.41 Å². The lowest BCUT2D eigenvalue weighted by atomic mass is 10.1. The molecule has 0 aliphatic heterocycles. The van der Waals surface area contributed by atoms with Crippen LogP contribution in [0.3, 0.4) is 0 Å². The van der Waals surface area contributed by atoms with Gasteiger partial charge in [-0.15, -0.1) is 0 Å². The van der Waals surface area contributed by atoms with Crippen molar-refractivity contribution in [3.8, 4) is 0 Å². The molecule has 4 nitrogen and oxygen atoms in total. The lowest BCUT2D eigenvalue weighted by Crippen LogP contribution is -2.34. The van der Waals surface area contributed by atoms with E-state index in [0.29, 0.717) is 19.5 Å². The van der Waals surface area contributed by atoms with Gasteiger partial charge in [0.05, 0.1) is 18.4 Å². The molecule has 0 heterocycles. The maximum absolute atomic E-state index is 11.9. The van der Waals surface area contributed by atoms with Gasteiger partial charge in [0.2, 0.25) is 5.91 Å². The van der Waals surface area contributed by atoms with E-state index in [-0.39, 0.29) is 17.8 Å². The van der Waals surface area contributed by atoms with Gasteiger partial charge in [0.15, 0.2) is 0 Å². The summed E-state index contributed by atoms with van der Waals surface area (Å²) in [5.74, 6) is -0.370. The van der Waals surface area contributed by atoms with E-state index >= 15 is 0 Å². The second-order valence-electron chi connectivity index (χ2n) is 4.18. The molecular formula is C11H19NO3. The number of ether oxygens (including phenoxy) is 1. The monoisotopic (exact) mass is 213 g/mol. The van der Waals surface area contributed by atoms with Crippen molar-refractivity contribution < 1.29 is 14.3 Å². The van der Waals surface area contributed by atoms with Crippen molar-refractivity contribution in [3.63, 3.8) is 0 Å². The van der Waals surface area contributed by atoms with Gasteiger partial charge in [-0.2, -0.15) is 0 Å². The highest BCUT2D eigenvalue weighted by molar-refractivity contribution is 5.93. The van der Waals surface area contributed by atoms with Crippen LogP contribution in [-0.2, 0) is 14.3 Å². The third-order valence-corrected chi connectivity index (χ3v) is 3.26. The molecule has 1 rings (SSSR count). The van der Waals surface area contributed by atoms with Gasteiger partial charge in [0, 0.05) is 13.1 Å². The molecule has 0 saturated heterocycles. The minimum atomic E-state index is -0.575. The standard InChI is InChI=1S/C11H19NO3/c1-5-12(6-2)9(13)8-7-11(8,3)10(14)15-4/h8H,5-7H2,1-4H3/t8-,11+/m0/s1. The molecule has 0 unspecified atom stereocenters. The number of hydrogen-bond donors (Lipinski definition) is 0. The van der Waals surface area contributed by atoms with Crippen LogP contribution in [0.25, 0.3) is 0 Å². The number of amides is 1. The summed E-state index contributed by atoms with van der Waals surface area (Å²) < 4.78 is 4.69. The van der Waals surface area contributed by atoms with Gasteiger partial charge in [0.25, 0.3) is 0 Å². The average Bonchev–Trinajstić information content (AvgIpc) is 2.92. The van der Waals surface area contributed by atoms with Crippen LogP contribution in [0.2, 0.25) is 0 Å². The summed E-state index contributed by atoms with van der Waals surface area (Å²) in [7, 11) is 1.37. The lowest BCUT2D eigenvalue weighted by Gasteiger charge is -2.19. The molecule has 0 radical (unpaired) electrons. The predicted molar refractivity (Wildman–Crippen MR) is 56.2 cm³/mol. The highest BCUT2D eigenvalue weighted by atomic mass is 16.5. The van der Waals surface area contributed by atoms with E-state index in [4.69, 9.17) is 4.74 Å². The summed E-state index contributed by atoms with van der Waals surface area (Å²) in [5.41, 5.74) is -0.575. The van der Waals surface area contributed by atoms with E-state index in [1.54, 1.807) is 11.8 Å². The molecule has 1 fully saturated rings. The number of carbonyl (C=O) groups is 2. The van der Waals surface area contributed by atoms with E-state index in [1.165, 1.54) is 7.11 Å². The summed E-state index contributed by atoms with van der Waals surface area (Å²) in [6, 6.07) is 0. The molecule has 1 aliphatic rings. The Labute approximate surface area is 90.6 Å². The zero-order valence-electron chi connectivity index (χ0n) is 9.87. The van der Waals surface area contributed by atoms with Gasteiger partial charge >= 0.3 is 5.97 Å². The fourth-order valence-electron chi connectivity index (χ4n) is 1.94. The fraction of sp³-hybridized carbons (Fsp3) is 0.818. The van der Waals surface area contributed by atoms with Gasteiger partial charge in [-0.25, -0.2) is 0 Å². The zero-order valence-corrected chi connectivity index (χ0v) is 9.87. The first-order valence-electron chi connectivity index (χ1n) is 5.38. The Morgan fingerprint density at radius 1 is 1.40 bits per heavy atom. The van der Waals surface area contributed by atoms with Gasteiger partial charge in [-0.1, -0.05) is 0 Å². The maximum Gasteiger partial charge on any atom is 0.312 e. The molecule has 0 aromatic rings. The van der Waals surface area contributed by atoms with E-state index in [9.17, 15) is 9.59 Å². The van der Waals surface area contributed by atoms with Crippen LogP contribution in [-0.4, -0.2) is 37.0 Å². The Bertz CT molecular complexity index is 273. The second kappa shape index (κ2) is 4.21. The van der Waals surface area contributed by atoms with Crippen molar-refractivity contribution in [1.82, 2.24) is 4.90 Å². The Morgan fingerprint density at radius 2 is 1.93 bits per heavy atom. The van der Waals surface area contributed by atoms with Crippen molar-refractivity contribution in [2.24, 2.45) is 11.3 Å².